The molecule has 0 spiro atoms. The van der Waals surface area contributed by atoms with Crippen LogP contribution in [0, 0.1) is 0 Å². The van der Waals surface area contributed by atoms with Crippen molar-refractivity contribution in [2.24, 2.45) is 0 Å². The molecule has 0 aliphatic heterocycles. The van der Waals surface area contributed by atoms with Gasteiger partial charge in [0.25, 0.3) is 0 Å². The van der Waals surface area contributed by atoms with Crippen LogP contribution < -0.4 is 5.32 Å². The number of nitrogens with one attached hydrogen (secondary N) is 1. The van der Waals surface area contributed by atoms with Crippen LogP contribution in [0.2, 0.25) is 0 Å². The van der Waals surface area contributed by atoms with E-state index in [0.717, 1.165) is 38.5 Å². The number of amides is 1. The summed E-state index contributed by atoms with van der Waals surface area (Å²) in [7, 11) is 0. The minimum Gasteiger partial charge on any atom is -0.466 e. The summed E-state index contributed by atoms with van der Waals surface area (Å²) in [5.41, 5.74) is 0. The molecule has 430 valence electrons. The van der Waals surface area contributed by atoms with Gasteiger partial charge >= 0.3 is 5.97 Å². The molecule has 2 unspecified atom stereocenters. The van der Waals surface area contributed by atoms with Crippen LogP contribution in [0.25, 0.3) is 0 Å². The number of hydrogen-bond donors (Lipinski definition) is 3. The first-order valence-corrected chi connectivity index (χ1v) is 33.3. The van der Waals surface area contributed by atoms with Crippen LogP contribution in [0.4, 0.5) is 0 Å². The maximum absolute atomic E-state index is 12.5. The number of hydrogen-bond acceptors (Lipinski definition) is 5. The Balaban J connectivity index is 3.35. The van der Waals surface area contributed by atoms with Crippen LogP contribution in [0.15, 0.2) is 0 Å². The van der Waals surface area contributed by atoms with Crippen molar-refractivity contribution in [3.63, 3.8) is 0 Å². The van der Waals surface area contributed by atoms with Crippen LogP contribution >= 0.6 is 0 Å². The van der Waals surface area contributed by atoms with Gasteiger partial charge in [0.15, 0.2) is 0 Å². The Morgan fingerprint density at radius 3 is 0.847 bits per heavy atom. The maximum atomic E-state index is 12.5. The van der Waals surface area contributed by atoms with E-state index >= 15 is 0 Å². The predicted octanol–water partition coefficient (Wildman–Crippen LogP) is 21.0. The lowest BCUT2D eigenvalue weighted by Crippen LogP contribution is -2.45. The average Bonchev–Trinajstić information content (AvgIpc) is 3.38. The zero-order chi connectivity index (χ0) is 52.2. The van der Waals surface area contributed by atoms with Gasteiger partial charge in [-0.3, -0.25) is 9.59 Å². The van der Waals surface area contributed by atoms with Crippen molar-refractivity contribution in [1.29, 1.82) is 0 Å². The third-order valence-electron chi connectivity index (χ3n) is 15.9. The molecule has 72 heavy (non-hydrogen) atoms. The van der Waals surface area contributed by atoms with Gasteiger partial charge in [-0.1, -0.05) is 348 Å². The zero-order valence-electron chi connectivity index (χ0n) is 49.2. The fourth-order valence-corrected chi connectivity index (χ4v) is 10.8. The minimum atomic E-state index is -0.663. The second-order valence-electron chi connectivity index (χ2n) is 23.2. The lowest BCUT2D eigenvalue weighted by molar-refractivity contribution is -0.143. The van der Waals surface area contributed by atoms with Crippen LogP contribution in [0.1, 0.15) is 386 Å². The molecule has 1 amide bonds. The van der Waals surface area contributed by atoms with E-state index < -0.39 is 12.1 Å². The first-order chi connectivity index (χ1) is 35.5. The largest absolute Gasteiger partial charge is 0.466 e. The summed E-state index contributed by atoms with van der Waals surface area (Å²) in [5, 5.41) is 23.3. The molecule has 0 aliphatic rings. The van der Waals surface area contributed by atoms with E-state index in [4.69, 9.17) is 4.74 Å². The van der Waals surface area contributed by atoms with Gasteiger partial charge in [-0.25, -0.2) is 0 Å². The highest BCUT2D eigenvalue weighted by Crippen LogP contribution is 2.19. The molecule has 0 rings (SSSR count). The highest BCUT2D eigenvalue weighted by molar-refractivity contribution is 5.76. The molecule has 6 nitrogen and oxygen atoms in total. The quantitative estimate of drug-likeness (QED) is 0.0417. The van der Waals surface area contributed by atoms with E-state index in [1.165, 1.54) is 315 Å². The molecule has 0 radical (unpaired) electrons. The summed E-state index contributed by atoms with van der Waals surface area (Å²) >= 11 is 0. The summed E-state index contributed by atoms with van der Waals surface area (Å²) in [5.74, 6) is -0.0127. The third-order valence-corrected chi connectivity index (χ3v) is 15.9. The fraction of sp³-hybridized carbons (Fsp3) is 0.970. The molecule has 2 atom stereocenters. The van der Waals surface area contributed by atoms with Crippen molar-refractivity contribution in [3.05, 3.63) is 0 Å². The highest BCUT2D eigenvalue weighted by Gasteiger charge is 2.20. The number of ether oxygens (including phenoxy) is 1. The fourth-order valence-electron chi connectivity index (χ4n) is 10.8. The van der Waals surface area contributed by atoms with Crippen LogP contribution in [-0.4, -0.2) is 47.4 Å². The normalized spacial score (nSPS) is 12.4. The van der Waals surface area contributed by atoms with Gasteiger partial charge in [-0.15, -0.1) is 0 Å². The predicted molar refractivity (Wildman–Crippen MR) is 315 cm³/mol. The van der Waals surface area contributed by atoms with Crippen molar-refractivity contribution >= 4 is 11.9 Å². The van der Waals surface area contributed by atoms with Gasteiger partial charge in [0.2, 0.25) is 5.91 Å². The van der Waals surface area contributed by atoms with E-state index in [0.29, 0.717) is 25.9 Å². The summed E-state index contributed by atoms with van der Waals surface area (Å²) in [6.45, 7) is 5.00. The van der Waals surface area contributed by atoms with Crippen molar-refractivity contribution < 1.29 is 24.5 Å². The molecular formula is C66H131NO5. The Morgan fingerprint density at radius 1 is 0.333 bits per heavy atom. The monoisotopic (exact) mass is 1020 g/mol. The number of carbonyl (C=O) groups excluding carboxylic acids is 2. The minimum absolute atomic E-state index is 0.0185. The molecule has 0 heterocycles. The van der Waals surface area contributed by atoms with Crippen LogP contribution in [0.5, 0.6) is 0 Å². The number of carbonyl (C=O) groups is 2. The molecule has 0 aromatic rings. The number of aliphatic hydroxyl groups excluding tert-OH is 2. The molecule has 0 saturated heterocycles. The van der Waals surface area contributed by atoms with E-state index in [1.54, 1.807) is 0 Å². The second-order valence-corrected chi connectivity index (χ2v) is 23.2. The summed E-state index contributed by atoms with van der Waals surface area (Å²) in [6, 6.07) is -0.540. The number of aliphatic hydroxyl groups is 2. The molecule has 0 saturated carbocycles. The zero-order valence-corrected chi connectivity index (χ0v) is 49.2. The lowest BCUT2D eigenvalue weighted by atomic mass is 10.0. The summed E-state index contributed by atoms with van der Waals surface area (Å²) in [6.07, 6.45) is 74.1. The SMILES string of the molecule is CCCCCCCCCCCCCCCCCCCC(=O)OCCCCCCCCCCCCCCCCCCCCCCCCC(=O)NC(CO)C(O)CCCCCCCCCCCCCCCCCC. The molecule has 3 N–H and O–H groups in total. The number of rotatable bonds is 63. The molecule has 0 fully saturated rings. The van der Waals surface area contributed by atoms with Gasteiger partial charge in [-0.05, 0) is 25.7 Å². The third kappa shape index (κ3) is 58.1. The van der Waals surface area contributed by atoms with Crippen molar-refractivity contribution in [1.82, 2.24) is 5.32 Å². The van der Waals surface area contributed by atoms with Gasteiger partial charge in [0, 0.05) is 12.8 Å². The molecule has 0 aromatic carbocycles. The first-order valence-electron chi connectivity index (χ1n) is 33.3. The van der Waals surface area contributed by atoms with E-state index in [1.807, 2.05) is 0 Å². The summed E-state index contributed by atoms with van der Waals surface area (Å²) in [4.78, 5) is 24.6. The molecule has 6 heteroatoms. The van der Waals surface area contributed by atoms with E-state index in [-0.39, 0.29) is 18.5 Å². The molecular weight excluding hydrogens is 887 g/mol. The van der Waals surface area contributed by atoms with E-state index in [9.17, 15) is 19.8 Å². The van der Waals surface area contributed by atoms with Gasteiger partial charge in [0.05, 0.1) is 25.4 Å². The topological polar surface area (TPSA) is 95.9 Å². The maximum Gasteiger partial charge on any atom is 0.305 e. The summed E-state index contributed by atoms with van der Waals surface area (Å²) < 4.78 is 5.50. The van der Waals surface area contributed by atoms with Gasteiger partial charge in [0.1, 0.15) is 0 Å². The second kappa shape index (κ2) is 62.4. The Bertz CT molecular complexity index is 1040. The molecule has 0 aliphatic carbocycles. The Morgan fingerprint density at radius 2 is 0.569 bits per heavy atom. The van der Waals surface area contributed by atoms with Crippen molar-refractivity contribution in [2.45, 2.75) is 398 Å². The van der Waals surface area contributed by atoms with Crippen LogP contribution in [-0.2, 0) is 14.3 Å². The smallest absolute Gasteiger partial charge is 0.305 e. The Labute approximate surface area is 451 Å². The molecule has 0 bridgehead atoms. The van der Waals surface area contributed by atoms with Crippen molar-refractivity contribution in [3.8, 4) is 0 Å². The Kier molecular flexibility index (Phi) is 61.4. The number of unbranched alkanes of at least 4 members (excludes halogenated alkanes) is 52. The lowest BCUT2D eigenvalue weighted by Gasteiger charge is -2.22. The van der Waals surface area contributed by atoms with Gasteiger partial charge in [-0.2, -0.15) is 0 Å². The molecule has 0 aromatic heterocycles. The number of esters is 1. The standard InChI is InChI=1S/C66H131NO5/c1-3-5-7-9-11-13-15-17-19-27-32-36-40-44-48-52-56-60-66(71)72-61-57-53-49-45-41-37-33-29-26-24-22-21-23-25-28-31-35-39-43-47-51-55-59-65(70)67-63(62-68)64(69)58-54-50-46-42-38-34-30-20-18-16-14-12-10-8-6-4-2/h63-64,68-69H,3-62H2,1-2H3,(H,67,70). The van der Waals surface area contributed by atoms with Crippen LogP contribution in [0.3, 0.4) is 0 Å². The highest BCUT2D eigenvalue weighted by atomic mass is 16.5. The van der Waals surface area contributed by atoms with Crippen molar-refractivity contribution in [2.75, 3.05) is 13.2 Å². The Hall–Kier alpha value is -1.14. The first kappa shape index (κ1) is 70.9. The van der Waals surface area contributed by atoms with E-state index in [2.05, 4.69) is 19.2 Å². The van der Waals surface area contributed by atoms with Gasteiger partial charge < -0.3 is 20.3 Å². The average molecular weight is 1020 g/mol.